The molecule has 0 saturated carbocycles. The summed E-state index contributed by atoms with van der Waals surface area (Å²) in [5.41, 5.74) is -0.734. The first-order valence-corrected chi connectivity index (χ1v) is 6.97. The minimum Gasteiger partial charge on any atom is -0.468 e. The molecule has 8 nitrogen and oxygen atoms in total. The van der Waals surface area contributed by atoms with Gasteiger partial charge in [-0.25, -0.2) is 4.39 Å². The molecule has 2 aromatic rings. The zero-order valence-corrected chi connectivity index (χ0v) is 13.0. The van der Waals surface area contributed by atoms with Crippen molar-refractivity contribution in [3.63, 3.8) is 0 Å². The van der Waals surface area contributed by atoms with Gasteiger partial charge in [0.15, 0.2) is 0 Å². The Morgan fingerprint density at radius 2 is 1.80 bits per heavy atom. The number of benzene rings is 2. The molecule has 0 fully saturated rings. The lowest BCUT2D eigenvalue weighted by atomic mass is 10.1. The van der Waals surface area contributed by atoms with Crippen molar-refractivity contribution < 1.29 is 28.4 Å². The Hall–Kier alpha value is -3.49. The monoisotopic (exact) mass is 348 g/mol. The van der Waals surface area contributed by atoms with Crippen LogP contribution in [0.4, 0.5) is 10.1 Å². The number of hydrogen-bond donors (Lipinski definition) is 1. The molecule has 0 unspecified atom stereocenters. The van der Waals surface area contributed by atoms with Crippen molar-refractivity contribution in [1.29, 1.82) is 0 Å². The van der Waals surface area contributed by atoms with E-state index in [2.05, 4.69) is 10.1 Å². The zero-order valence-electron chi connectivity index (χ0n) is 13.0. The SMILES string of the molecule is COC(=O)CNC(=O)c1cc(Oc2ccc(F)cc2)ccc1[N+](=O)[O-]. The smallest absolute Gasteiger partial charge is 0.325 e. The lowest BCUT2D eigenvalue weighted by Crippen LogP contribution is -2.30. The largest absolute Gasteiger partial charge is 0.468 e. The summed E-state index contributed by atoms with van der Waals surface area (Å²) in [6, 6.07) is 8.68. The van der Waals surface area contributed by atoms with Gasteiger partial charge < -0.3 is 14.8 Å². The van der Waals surface area contributed by atoms with Gasteiger partial charge in [0, 0.05) is 12.1 Å². The second-order valence-electron chi connectivity index (χ2n) is 4.75. The van der Waals surface area contributed by atoms with Crippen LogP contribution in [0.5, 0.6) is 11.5 Å². The fourth-order valence-electron chi connectivity index (χ4n) is 1.88. The minimum atomic E-state index is -0.832. The van der Waals surface area contributed by atoms with Crippen LogP contribution in [0.3, 0.4) is 0 Å². The minimum absolute atomic E-state index is 0.139. The van der Waals surface area contributed by atoms with Gasteiger partial charge in [0.1, 0.15) is 29.4 Å². The van der Waals surface area contributed by atoms with E-state index in [0.29, 0.717) is 0 Å². The van der Waals surface area contributed by atoms with Gasteiger partial charge in [-0.3, -0.25) is 19.7 Å². The molecule has 0 radical (unpaired) electrons. The van der Waals surface area contributed by atoms with E-state index in [9.17, 15) is 24.1 Å². The fraction of sp³-hybridized carbons (Fsp3) is 0.125. The van der Waals surface area contributed by atoms with Gasteiger partial charge in [-0.15, -0.1) is 0 Å². The standard InChI is InChI=1S/C16H13FN2O6/c1-24-15(20)9-18-16(21)13-8-12(6-7-14(13)19(22)23)25-11-4-2-10(17)3-5-11/h2-8H,9H2,1H3,(H,18,21). The van der Waals surface area contributed by atoms with Gasteiger partial charge in [0.05, 0.1) is 12.0 Å². The van der Waals surface area contributed by atoms with Crippen LogP contribution in [0, 0.1) is 15.9 Å². The summed E-state index contributed by atoms with van der Waals surface area (Å²) in [4.78, 5) is 33.5. The van der Waals surface area contributed by atoms with Crippen LogP contribution in [-0.4, -0.2) is 30.5 Å². The Balaban J connectivity index is 2.26. The molecule has 0 saturated heterocycles. The van der Waals surface area contributed by atoms with E-state index in [1.54, 1.807) is 0 Å². The Labute approximate surface area is 141 Å². The van der Waals surface area contributed by atoms with Crippen molar-refractivity contribution in [2.45, 2.75) is 0 Å². The van der Waals surface area contributed by atoms with Crippen molar-refractivity contribution in [2.75, 3.05) is 13.7 Å². The van der Waals surface area contributed by atoms with Gasteiger partial charge in [-0.05, 0) is 30.3 Å². The summed E-state index contributed by atoms with van der Waals surface area (Å²) < 4.78 is 22.7. The van der Waals surface area contributed by atoms with Gasteiger partial charge in [-0.2, -0.15) is 0 Å². The number of carbonyl (C=O) groups excluding carboxylic acids is 2. The van der Waals surface area contributed by atoms with Gasteiger partial charge in [0.2, 0.25) is 0 Å². The predicted molar refractivity (Wildman–Crippen MR) is 83.9 cm³/mol. The molecule has 1 N–H and O–H groups in total. The second kappa shape index (κ2) is 7.86. The topological polar surface area (TPSA) is 108 Å². The Bertz CT molecular complexity index is 807. The maximum Gasteiger partial charge on any atom is 0.325 e. The number of esters is 1. The van der Waals surface area contributed by atoms with Crippen molar-refractivity contribution in [3.8, 4) is 11.5 Å². The summed E-state index contributed by atoms with van der Waals surface area (Å²) >= 11 is 0. The number of nitrogens with one attached hydrogen (secondary N) is 1. The molecule has 0 aliphatic carbocycles. The van der Waals surface area contributed by atoms with Crippen LogP contribution >= 0.6 is 0 Å². The second-order valence-corrected chi connectivity index (χ2v) is 4.75. The summed E-state index contributed by atoms with van der Waals surface area (Å²) in [7, 11) is 1.15. The number of hydrogen-bond acceptors (Lipinski definition) is 6. The van der Waals surface area contributed by atoms with Crippen LogP contribution in [0.25, 0.3) is 0 Å². The molecule has 130 valence electrons. The summed E-state index contributed by atoms with van der Waals surface area (Å²) in [6.07, 6.45) is 0. The van der Waals surface area contributed by atoms with E-state index in [1.165, 1.54) is 30.3 Å². The molecule has 0 atom stereocenters. The first-order chi connectivity index (χ1) is 11.9. The number of methoxy groups -OCH3 is 1. The number of amides is 1. The number of carbonyl (C=O) groups is 2. The number of halogens is 1. The zero-order chi connectivity index (χ0) is 18.4. The van der Waals surface area contributed by atoms with E-state index >= 15 is 0 Å². The van der Waals surface area contributed by atoms with Crippen LogP contribution < -0.4 is 10.1 Å². The average molecular weight is 348 g/mol. The number of ether oxygens (including phenoxy) is 2. The predicted octanol–water partition coefficient (Wildman–Crippen LogP) is 2.43. The van der Waals surface area contributed by atoms with Crippen molar-refractivity contribution in [3.05, 3.63) is 64.0 Å². The van der Waals surface area contributed by atoms with Gasteiger partial charge in [0.25, 0.3) is 11.6 Å². The van der Waals surface area contributed by atoms with Crippen LogP contribution in [0.15, 0.2) is 42.5 Å². The molecule has 2 rings (SSSR count). The van der Waals surface area contributed by atoms with Crippen molar-refractivity contribution in [1.82, 2.24) is 5.32 Å². The summed E-state index contributed by atoms with van der Waals surface area (Å²) in [6.45, 7) is -0.435. The van der Waals surface area contributed by atoms with Crippen LogP contribution in [0.2, 0.25) is 0 Å². The molecule has 25 heavy (non-hydrogen) atoms. The summed E-state index contributed by atoms with van der Waals surface area (Å²) in [5.74, 6) is -1.55. The third-order valence-electron chi connectivity index (χ3n) is 3.08. The molecule has 2 aromatic carbocycles. The number of rotatable bonds is 6. The molecule has 0 bridgehead atoms. The molecule has 0 spiro atoms. The van der Waals surface area contributed by atoms with E-state index in [4.69, 9.17) is 4.74 Å². The maximum atomic E-state index is 12.9. The molecule has 9 heteroatoms. The van der Waals surface area contributed by atoms with Crippen molar-refractivity contribution in [2.24, 2.45) is 0 Å². The third kappa shape index (κ3) is 4.74. The van der Waals surface area contributed by atoms with E-state index in [-0.39, 0.29) is 17.1 Å². The Morgan fingerprint density at radius 1 is 1.16 bits per heavy atom. The quantitative estimate of drug-likeness (QED) is 0.488. The first kappa shape index (κ1) is 17.9. The van der Waals surface area contributed by atoms with E-state index in [0.717, 1.165) is 19.2 Å². The molecule has 0 heterocycles. The average Bonchev–Trinajstić information content (AvgIpc) is 2.61. The third-order valence-corrected chi connectivity index (χ3v) is 3.08. The summed E-state index contributed by atoms with van der Waals surface area (Å²) in [5, 5.41) is 13.3. The van der Waals surface area contributed by atoms with Crippen LogP contribution in [0.1, 0.15) is 10.4 Å². The Kier molecular flexibility index (Phi) is 5.62. The lowest BCUT2D eigenvalue weighted by molar-refractivity contribution is -0.385. The number of nitro groups is 1. The fourth-order valence-corrected chi connectivity index (χ4v) is 1.88. The molecule has 0 aromatic heterocycles. The van der Waals surface area contributed by atoms with Gasteiger partial charge >= 0.3 is 5.97 Å². The highest BCUT2D eigenvalue weighted by Crippen LogP contribution is 2.27. The highest BCUT2D eigenvalue weighted by molar-refractivity contribution is 5.99. The number of nitrogens with zero attached hydrogens (tertiary/aromatic N) is 1. The molecular weight excluding hydrogens is 335 g/mol. The highest BCUT2D eigenvalue weighted by atomic mass is 19.1. The maximum absolute atomic E-state index is 12.9. The van der Waals surface area contributed by atoms with Crippen molar-refractivity contribution >= 4 is 17.6 Å². The lowest BCUT2D eigenvalue weighted by Gasteiger charge is -2.09. The molecule has 0 aliphatic heterocycles. The first-order valence-electron chi connectivity index (χ1n) is 6.97. The van der Waals surface area contributed by atoms with Crippen LogP contribution in [-0.2, 0) is 9.53 Å². The van der Waals surface area contributed by atoms with Gasteiger partial charge in [-0.1, -0.05) is 0 Å². The van der Waals surface area contributed by atoms with E-state index < -0.39 is 34.8 Å². The molecule has 0 aliphatic rings. The van der Waals surface area contributed by atoms with E-state index in [1.807, 2.05) is 0 Å². The highest BCUT2D eigenvalue weighted by Gasteiger charge is 2.22. The normalized spacial score (nSPS) is 10.0. The molecular formula is C16H13FN2O6. The molecule has 1 amide bonds. The number of nitro benzene ring substituents is 1. The Morgan fingerprint density at radius 3 is 2.40 bits per heavy atom.